The fourth-order valence-electron chi connectivity index (χ4n) is 4.70. The van der Waals surface area contributed by atoms with Crippen LogP contribution in [0.2, 0.25) is 0 Å². The van der Waals surface area contributed by atoms with Crippen molar-refractivity contribution < 1.29 is 9.59 Å². The number of carbonyl (C=O) groups excluding carboxylic acids is 2. The Hall–Kier alpha value is -2.96. The van der Waals surface area contributed by atoms with Gasteiger partial charge in [0.05, 0.1) is 6.04 Å². The molecule has 0 radical (unpaired) electrons. The van der Waals surface area contributed by atoms with Crippen LogP contribution in [0.25, 0.3) is 0 Å². The molecule has 0 saturated heterocycles. The highest BCUT2D eigenvalue weighted by Gasteiger charge is 2.55. The first-order valence-corrected chi connectivity index (χ1v) is 10.0. The van der Waals surface area contributed by atoms with Crippen LogP contribution in [0.1, 0.15) is 61.3 Å². The van der Waals surface area contributed by atoms with Gasteiger partial charge in [0.2, 0.25) is 17.8 Å². The van der Waals surface area contributed by atoms with Crippen molar-refractivity contribution in [3.8, 4) is 0 Å². The first-order chi connectivity index (χ1) is 13.7. The first kappa shape index (κ1) is 19.4. The second-order valence-electron chi connectivity index (χ2n) is 8.63. The molecule has 0 unspecified atom stereocenters. The van der Waals surface area contributed by atoms with Crippen molar-refractivity contribution in [2.45, 2.75) is 52.6 Å². The predicted molar refractivity (Wildman–Crippen MR) is 112 cm³/mol. The molecule has 1 aliphatic carbocycles. The Labute approximate surface area is 170 Å². The van der Waals surface area contributed by atoms with Gasteiger partial charge in [0, 0.05) is 42.0 Å². The molecule has 7 nitrogen and oxygen atoms in total. The van der Waals surface area contributed by atoms with Gasteiger partial charge in [-0.05, 0) is 55.0 Å². The largest absolute Gasteiger partial charge is 0.366 e. The van der Waals surface area contributed by atoms with E-state index in [0.717, 1.165) is 29.8 Å². The number of benzene rings is 1. The number of nitrogens with one attached hydrogen (secondary N) is 1. The second-order valence-corrected chi connectivity index (χ2v) is 8.63. The summed E-state index contributed by atoms with van der Waals surface area (Å²) in [6, 6.07) is 7.08. The molecule has 7 heteroatoms. The highest BCUT2D eigenvalue weighted by atomic mass is 16.2. The molecule has 0 bridgehead atoms. The van der Waals surface area contributed by atoms with Crippen molar-refractivity contribution in [1.29, 1.82) is 0 Å². The Balaban J connectivity index is 1.86. The van der Waals surface area contributed by atoms with Gasteiger partial charge in [0.15, 0.2) is 0 Å². The molecule has 152 valence electrons. The van der Waals surface area contributed by atoms with E-state index in [1.807, 2.05) is 24.0 Å². The van der Waals surface area contributed by atoms with Crippen LogP contribution >= 0.6 is 0 Å². The maximum Gasteiger partial charge on any atom is 0.248 e. The number of amides is 2. The van der Waals surface area contributed by atoms with Gasteiger partial charge < -0.3 is 16.0 Å². The maximum absolute atomic E-state index is 12.7. The monoisotopic (exact) mass is 393 g/mol. The van der Waals surface area contributed by atoms with E-state index < -0.39 is 5.91 Å². The van der Waals surface area contributed by atoms with E-state index in [1.165, 1.54) is 0 Å². The third-order valence-corrected chi connectivity index (χ3v) is 6.38. The van der Waals surface area contributed by atoms with Gasteiger partial charge in [-0.15, -0.1) is 0 Å². The SMILES string of the molecule is CC(=O)N1c2ccc(C(N)=O)cc2[C@@H](Nc2nccc(C)n2)[C@H](C)[C@H]1C1(C)CC1. The predicted octanol–water partition coefficient (Wildman–Crippen LogP) is 3.21. The minimum atomic E-state index is -0.489. The van der Waals surface area contributed by atoms with E-state index in [2.05, 4.69) is 29.1 Å². The molecule has 1 saturated carbocycles. The van der Waals surface area contributed by atoms with Crippen LogP contribution in [-0.2, 0) is 4.79 Å². The van der Waals surface area contributed by atoms with Crippen LogP contribution in [0.4, 0.5) is 11.6 Å². The quantitative estimate of drug-likeness (QED) is 0.831. The molecule has 1 aromatic heterocycles. The number of hydrogen-bond donors (Lipinski definition) is 2. The van der Waals surface area contributed by atoms with Crippen molar-refractivity contribution in [3.63, 3.8) is 0 Å². The van der Waals surface area contributed by atoms with Crippen LogP contribution < -0.4 is 16.0 Å². The summed E-state index contributed by atoms with van der Waals surface area (Å²) in [6.07, 6.45) is 3.91. The normalized spacial score (nSPS) is 24.6. The molecule has 29 heavy (non-hydrogen) atoms. The fourth-order valence-corrected chi connectivity index (χ4v) is 4.70. The molecule has 4 rings (SSSR count). The summed E-state index contributed by atoms with van der Waals surface area (Å²) in [7, 11) is 0. The Morgan fingerprint density at radius 2 is 2.00 bits per heavy atom. The standard InChI is InChI=1S/C22H27N5O2/c1-12-7-10-24-21(25-12)26-18-13(2)19(22(4)8-9-22)27(14(3)28)17-6-5-15(20(23)29)11-16(17)18/h5-7,10-11,13,18-19H,8-9H2,1-4H3,(H2,23,29)(H,24,25,26)/t13-,18-,19-/m0/s1. The topological polar surface area (TPSA) is 101 Å². The lowest BCUT2D eigenvalue weighted by molar-refractivity contribution is -0.117. The molecule has 1 aliphatic heterocycles. The van der Waals surface area contributed by atoms with Crippen molar-refractivity contribution in [2.24, 2.45) is 17.1 Å². The average molecular weight is 393 g/mol. The number of nitrogens with zero attached hydrogens (tertiary/aromatic N) is 3. The van der Waals surface area contributed by atoms with Crippen molar-refractivity contribution in [2.75, 3.05) is 10.2 Å². The zero-order valence-corrected chi connectivity index (χ0v) is 17.3. The molecular weight excluding hydrogens is 366 g/mol. The van der Waals surface area contributed by atoms with Gasteiger partial charge in [-0.25, -0.2) is 9.97 Å². The minimum Gasteiger partial charge on any atom is -0.366 e. The fraction of sp³-hybridized carbons (Fsp3) is 0.455. The number of nitrogens with two attached hydrogens (primary N) is 1. The molecule has 2 heterocycles. The minimum absolute atomic E-state index is 0.00769. The Morgan fingerprint density at radius 1 is 1.28 bits per heavy atom. The molecule has 3 N–H and O–H groups in total. The molecule has 1 aromatic carbocycles. The summed E-state index contributed by atoms with van der Waals surface area (Å²) in [5, 5.41) is 3.47. The summed E-state index contributed by atoms with van der Waals surface area (Å²) < 4.78 is 0. The van der Waals surface area contributed by atoms with Gasteiger partial charge in [0.25, 0.3) is 0 Å². The highest BCUT2D eigenvalue weighted by Crippen LogP contribution is 2.57. The maximum atomic E-state index is 12.7. The Kier molecular flexibility index (Phi) is 4.56. The van der Waals surface area contributed by atoms with Crippen molar-refractivity contribution >= 4 is 23.5 Å². The third kappa shape index (κ3) is 3.34. The lowest BCUT2D eigenvalue weighted by atomic mass is 9.75. The number of carbonyl (C=O) groups is 2. The summed E-state index contributed by atoms with van der Waals surface area (Å²) in [5.41, 5.74) is 8.60. The highest BCUT2D eigenvalue weighted by molar-refractivity contribution is 5.97. The van der Waals surface area contributed by atoms with Gasteiger partial charge >= 0.3 is 0 Å². The zero-order chi connectivity index (χ0) is 20.9. The number of fused-ring (bicyclic) bond motifs is 1. The van der Waals surface area contributed by atoms with Gasteiger partial charge in [-0.3, -0.25) is 9.59 Å². The summed E-state index contributed by atoms with van der Waals surface area (Å²) in [4.78, 5) is 35.3. The first-order valence-electron chi connectivity index (χ1n) is 10.0. The van der Waals surface area contributed by atoms with E-state index in [1.54, 1.807) is 25.3 Å². The molecule has 0 spiro atoms. The molecule has 2 amide bonds. The van der Waals surface area contributed by atoms with E-state index in [0.29, 0.717) is 11.5 Å². The number of aryl methyl sites for hydroxylation is 1. The Morgan fingerprint density at radius 3 is 2.59 bits per heavy atom. The van der Waals surface area contributed by atoms with Crippen LogP contribution in [-0.4, -0.2) is 27.8 Å². The van der Waals surface area contributed by atoms with E-state index in [4.69, 9.17) is 5.73 Å². The van der Waals surface area contributed by atoms with Crippen LogP contribution in [0, 0.1) is 18.3 Å². The van der Waals surface area contributed by atoms with Gasteiger partial charge in [0.1, 0.15) is 0 Å². The van der Waals surface area contributed by atoms with E-state index in [-0.39, 0.29) is 29.3 Å². The average Bonchev–Trinajstić information content (AvgIpc) is 3.41. The molecule has 2 aromatic rings. The summed E-state index contributed by atoms with van der Waals surface area (Å²) in [6.45, 7) is 7.92. The van der Waals surface area contributed by atoms with Crippen LogP contribution in [0.5, 0.6) is 0 Å². The Bertz CT molecular complexity index is 985. The summed E-state index contributed by atoms with van der Waals surface area (Å²) >= 11 is 0. The van der Waals surface area contributed by atoms with Crippen LogP contribution in [0.15, 0.2) is 30.5 Å². The summed E-state index contributed by atoms with van der Waals surface area (Å²) in [5.74, 6) is 0.143. The lowest BCUT2D eigenvalue weighted by Gasteiger charge is -2.48. The second kappa shape index (κ2) is 6.83. The van der Waals surface area contributed by atoms with E-state index in [9.17, 15) is 9.59 Å². The number of rotatable bonds is 4. The number of anilines is 2. The third-order valence-electron chi connectivity index (χ3n) is 6.38. The molecule has 3 atom stereocenters. The molecular formula is C22H27N5O2. The molecule has 1 fully saturated rings. The number of aromatic nitrogens is 2. The van der Waals surface area contributed by atoms with Gasteiger partial charge in [-0.1, -0.05) is 13.8 Å². The van der Waals surface area contributed by atoms with Crippen molar-refractivity contribution in [3.05, 3.63) is 47.3 Å². The van der Waals surface area contributed by atoms with E-state index >= 15 is 0 Å². The number of primary amides is 1. The lowest BCUT2D eigenvalue weighted by Crippen LogP contribution is -2.54. The van der Waals surface area contributed by atoms with Crippen LogP contribution in [0.3, 0.4) is 0 Å². The zero-order valence-electron chi connectivity index (χ0n) is 17.3. The number of hydrogen-bond acceptors (Lipinski definition) is 5. The van der Waals surface area contributed by atoms with Crippen molar-refractivity contribution in [1.82, 2.24) is 9.97 Å². The van der Waals surface area contributed by atoms with Gasteiger partial charge in [-0.2, -0.15) is 0 Å². The molecule has 2 aliphatic rings. The smallest absolute Gasteiger partial charge is 0.248 e.